The average molecular weight is 748 g/mol. The highest BCUT2D eigenvalue weighted by molar-refractivity contribution is 7.94. The summed E-state index contributed by atoms with van der Waals surface area (Å²) in [6, 6.07) is 6.03. The second-order valence-corrected chi connectivity index (χ2v) is 16.5. The molecule has 0 aliphatic carbocycles. The van der Waals surface area contributed by atoms with Gasteiger partial charge in [0.1, 0.15) is 9.79 Å². The zero-order valence-corrected chi connectivity index (χ0v) is 27.0. The molecule has 3 aromatic rings. The fourth-order valence-corrected chi connectivity index (χ4v) is 10.6. The number of aromatic carboxylic acids is 2. The van der Waals surface area contributed by atoms with Crippen molar-refractivity contribution in [2.75, 3.05) is 20.5 Å². The Morgan fingerprint density at radius 3 is 1.70 bits per heavy atom. The van der Waals surface area contributed by atoms with Crippen LogP contribution in [0, 0.1) is 0 Å². The van der Waals surface area contributed by atoms with E-state index in [0.29, 0.717) is 10.4 Å². The van der Waals surface area contributed by atoms with E-state index in [2.05, 4.69) is 4.72 Å². The maximum atomic E-state index is 13.9. The third-order valence-electron chi connectivity index (χ3n) is 6.30. The Kier molecular flexibility index (Phi) is 9.42. The van der Waals surface area contributed by atoms with Crippen LogP contribution in [-0.4, -0.2) is 76.2 Å². The first-order valence-corrected chi connectivity index (χ1v) is 18.0. The van der Waals surface area contributed by atoms with Gasteiger partial charge in [-0.15, -0.1) is 0 Å². The van der Waals surface area contributed by atoms with Gasteiger partial charge in [-0.1, -0.05) is 46.4 Å². The van der Waals surface area contributed by atoms with Crippen molar-refractivity contribution in [2.24, 2.45) is 0 Å². The molecule has 1 fully saturated rings. The molecule has 1 aliphatic rings. The first kappa shape index (κ1) is 34.1. The number of carboxylic acid groups (broad SMARTS) is 2. The summed E-state index contributed by atoms with van der Waals surface area (Å²) in [6.45, 7) is 0. The molecular weight excluding hydrogens is 730 g/mol. The van der Waals surface area contributed by atoms with E-state index >= 15 is 0 Å². The van der Waals surface area contributed by atoms with Gasteiger partial charge in [-0.25, -0.2) is 34.8 Å². The lowest BCUT2D eigenvalue weighted by Gasteiger charge is -2.32. The van der Waals surface area contributed by atoms with E-state index in [1.54, 1.807) is 0 Å². The minimum absolute atomic E-state index is 0.161. The Balaban J connectivity index is 1.79. The van der Waals surface area contributed by atoms with Gasteiger partial charge in [0.15, 0.2) is 9.84 Å². The fourth-order valence-electron chi connectivity index (χ4n) is 4.33. The Hall–Kier alpha value is -2.83. The van der Waals surface area contributed by atoms with Gasteiger partial charge in [0.05, 0.1) is 60.6 Å². The topological polar surface area (TPSA) is 213 Å². The quantitative estimate of drug-likeness (QED) is 0.247. The van der Waals surface area contributed by atoms with E-state index in [-0.39, 0.29) is 21.4 Å². The molecular formula is C24H18Cl4N2O11S3. The number of rotatable bonds is 9. The molecule has 0 spiro atoms. The highest BCUT2D eigenvalue weighted by atomic mass is 35.5. The molecule has 1 heterocycles. The zero-order valence-electron chi connectivity index (χ0n) is 21.5. The molecule has 13 nitrogen and oxygen atoms in total. The number of benzene rings is 3. The molecule has 4 rings (SSSR count). The lowest BCUT2D eigenvalue weighted by molar-refractivity contribution is 0.0686. The maximum absolute atomic E-state index is 13.9. The van der Waals surface area contributed by atoms with Gasteiger partial charge in [0.25, 0.3) is 20.0 Å². The van der Waals surface area contributed by atoms with Crippen LogP contribution in [0.3, 0.4) is 0 Å². The van der Waals surface area contributed by atoms with Gasteiger partial charge < -0.3 is 15.3 Å². The van der Waals surface area contributed by atoms with E-state index in [4.69, 9.17) is 46.4 Å². The summed E-state index contributed by atoms with van der Waals surface area (Å²) >= 11 is 23.8. The lowest BCUT2D eigenvalue weighted by Crippen LogP contribution is -2.47. The number of aliphatic hydroxyl groups excluding tert-OH is 1. The van der Waals surface area contributed by atoms with Crippen molar-refractivity contribution in [1.82, 2.24) is 0 Å². The van der Waals surface area contributed by atoms with Crippen LogP contribution in [0.25, 0.3) is 0 Å². The Morgan fingerprint density at radius 2 is 1.25 bits per heavy atom. The Morgan fingerprint density at radius 1 is 0.773 bits per heavy atom. The molecule has 44 heavy (non-hydrogen) atoms. The number of carbonyl (C=O) groups is 2. The number of anilines is 2. The van der Waals surface area contributed by atoms with Gasteiger partial charge >= 0.3 is 11.9 Å². The first-order chi connectivity index (χ1) is 20.2. The summed E-state index contributed by atoms with van der Waals surface area (Å²) in [5.74, 6) is -4.66. The zero-order chi connectivity index (χ0) is 32.9. The van der Waals surface area contributed by atoms with E-state index in [1.807, 2.05) is 0 Å². The molecule has 0 aromatic heterocycles. The third kappa shape index (κ3) is 6.72. The minimum atomic E-state index is -4.91. The molecule has 20 heteroatoms. The molecule has 236 valence electrons. The van der Waals surface area contributed by atoms with Crippen molar-refractivity contribution in [3.05, 3.63) is 79.7 Å². The molecule has 2 unspecified atom stereocenters. The second-order valence-electron chi connectivity index (χ2n) is 9.30. The molecule has 2 atom stereocenters. The number of carboxylic acids is 2. The summed E-state index contributed by atoms with van der Waals surface area (Å²) in [5, 5.41) is 27.7. The normalized spacial score (nSPS) is 18.1. The van der Waals surface area contributed by atoms with Crippen LogP contribution >= 0.6 is 46.4 Å². The van der Waals surface area contributed by atoms with Gasteiger partial charge in [-0.05, 0) is 48.5 Å². The molecule has 0 amide bonds. The van der Waals surface area contributed by atoms with Crippen molar-refractivity contribution in [1.29, 1.82) is 0 Å². The van der Waals surface area contributed by atoms with Gasteiger partial charge in [-0.3, -0.25) is 9.03 Å². The van der Waals surface area contributed by atoms with Gasteiger partial charge in [0.2, 0.25) is 0 Å². The van der Waals surface area contributed by atoms with Crippen LogP contribution in [0.5, 0.6) is 0 Å². The predicted molar refractivity (Wildman–Crippen MR) is 162 cm³/mol. The molecule has 1 aliphatic heterocycles. The van der Waals surface area contributed by atoms with Crippen LogP contribution in [-0.2, 0) is 29.9 Å². The average Bonchev–Trinajstić information content (AvgIpc) is 3.15. The molecule has 4 N–H and O–H groups in total. The summed E-state index contributed by atoms with van der Waals surface area (Å²) in [4.78, 5) is 21.7. The summed E-state index contributed by atoms with van der Waals surface area (Å²) < 4.78 is 81.3. The first-order valence-electron chi connectivity index (χ1n) is 11.8. The highest BCUT2D eigenvalue weighted by Gasteiger charge is 2.45. The van der Waals surface area contributed by atoms with Gasteiger partial charge in [0, 0.05) is 5.69 Å². The Bertz CT molecular complexity index is 2020. The summed E-state index contributed by atoms with van der Waals surface area (Å²) in [5.41, 5.74) is -1.57. The number of sulfone groups is 1. The van der Waals surface area contributed by atoms with E-state index in [0.717, 1.165) is 42.5 Å². The van der Waals surface area contributed by atoms with E-state index < -0.39 is 96.4 Å². The van der Waals surface area contributed by atoms with Crippen LogP contribution in [0.4, 0.5) is 11.4 Å². The maximum Gasteiger partial charge on any atom is 0.337 e. The SMILES string of the molecule is O=C(O)c1cc(S(=O)(=O)Nc2ccc(N(C3CS(=O)(=O)CC3O)S(=O)(=O)c3cc(C(=O)O)c(Cl)cc3Cl)cc2)c(Cl)cc1Cl. The fraction of sp³-hybridized carbons (Fsp3) is 0.167. The minimum Gasteiger partial charge on any atom is -0.478 e. The molecule has 0 radical (unpaired) electrons. The summed E-state index contributed by atoms with van der Waals surface area (Å²) in [7, 11) is -13.3. The molecule has 1 saturated heterocycles. The number of halogens is 4. The van der Waals surface area contributed by atoms with E-state index in [1.165, 1.54) is 0 Å². The largest absolute Gasteiger partial charge is 0.478 e. The number of aliphatic hydroxyl groups is 1. The standard InChI is InChI=1S/C24H18Cl4N2O11S3/c25-15-7-17(27)21(5-13(15)23(32)33)43(38,39)29-11-1-3-12(4-2-11)30(19-9-42(36,37)10-20(19)31)44(40,41)22-6-14(24(34)35)16(26)8-18(22)28/h1-8,19-20,29,31H,9-10H2,(H,32,33)(H,34,35). The van der Waals surface area contributed by atoms with Crippen molar-refractivity contribution >= 4 is 99.6 Å². The van der Waals surface area contributed by atoms with Crippen LogP contribution in [0.1, 0.15) is 20.7 Å². The summed E-state index contributed by atoms with van der Waals surface area (Å²) in [6.07, 6.45) is -1.70. The predicted octanol–water partition coefficient (Wildman–Crippen LogP) is 3.85. The van der Waals surface area contributed by atoms with Crippen molar-refractivity contribution < 1.29 is 50.2 Å². The lowest BCUT2D eigenvalue weighted by atomic mass is 10.2. The van der Waals surface area contributed by atoms with E-state index in [9.17, 15) is 50.2 Å². The third-order valence-corrected chi connectivity index (χ3v) is 12.8. The van der Waals surface area contributed by atoms with Crippen LogP contribution < -0.4 is 9.03 Å². The number of nitrogens with one attached hydrogen (secondary N) is 1. The molecule has 0 bridgehead atoms. The van der Waals surface area contributed by atoms with Crippen LogP contribution in [0.15, 0.2) is 58.3 Å². The number of hydrogen-bond donors (Lipinski definition) is 4. The highest BCUT2D eigenvalue weighted by Crippen LogP contribution is 2.37. The van der Waals surface area contributed by atoms with Gasteiger partial charge in [-0.2, -0.15) is 0 Å². The monoisotopic (exact) mass is 746 g/mol. The number of sulfonamides is 2. The molecule has 0 saturated carbocycles. The molecule has 3 aromatic carbocycles. The number of hydrogen-bond acceptors (Lipinski definition) is 9. The van der Waals surface area contributed by atoms with Crippen molar-refractivity contribution in [2.45, 2.75) is 21.9 Å². The van der Waals surface area contributed by atoms with Crippen molar-refractivity contribution in [3.8, 4) is 0 Å². The Labute approximate surface area is 270 Å². The van der Waals surface area contributed by atoms with Crippen LogP contribution in [0.2, 0.25) is 20.1 Å². The smallest absolute Gasteiger partial charge is 0.337 e. The second kappa shape index (κ2) is 12.2. The number of nitrogens with zero attached hydrogens (tertiary/aromatic N) is 1. The van der Waals surface area contributed by atoms with Crippen molar-refractivity contribution in [3.63, 3.8) is 0 Å².